The molecule has 1 aliphatic heterocycles. The van der Waals surface area contributed by atoms with E-state index in [0.717, 1.165) is 34.1 Å². The van der Waals surface area contributed by atoms with E-state index >= 15 is 0 Å². The van der Waals surface area contributed by atoms with Crippen molar-refractivity contribution in [1.82, 2.24) is 3.80 Å². The summed E-state index contributed by atoms with van der Waals surface area (Å²) in [6.07, 6.45) is 4.08. The van der Waals surface area contributed by atoms with E-state index < -0.39 is 0 Å². The van der Waals surface area contributed by atoms with Crippen LogP contribution in [-0.4, -0.2) is 20.0 Å². The van der Waals surface area contributed by atoms with Crippen molar-refractivity contribution in [3.05, 3.63) is 11.1 Å². The van der Waals surface area contributed by atoms with Crippen molar-refractivity contribution in [3.8, 4) is 0 Å². The fourth-order valence-electron chi connectivity index (χ4n) is 11.4. The summed E-state index contributed by atoms with van der Waals surface area (Å²) in [6.45, 7) is 4.70. The third-order valence-electron chi connectivity index (χ3n) is 10.9. The predicted molar refractivity (Wildman–Crippen MR) is 83.4 cm³/mol. The Hall–Kier alpha value is 0.0112. The first-order valence-corrected chi connectivity index (χ1v) is 12.0. The van der Waals surface area contributed by atoms with E-state index in [1.54, 1.807) is 11.1 Å². The Bertz CT molecular complexity index is 894. The van der Waals surface area contributed by atoms with Gasteiger partial charge in [-0.2, -0.15) is 0 Å². The fraction of sp³-hybridized carbons (Fsp3) is 0.789. The zero-order valence-corrected chi connectivity index (χ0v) is 16.2. The summed E-state index contributed by atoms with van der Waals surface area (Å²) in [5.41, 5.74) is 9.88. The van der Waals surface area contributed by atoms with Crippen LogP contribution in [0.2, 0.25) is 11.6 Å². The van der Waals surface area contributed by atoms with Gasteiger partial charge >= 0.3 is 150 Å². The topological polar surface area (TPSA) is 29.1 Å². The molecule has 0 radical (unpaired) electrons. The Morgan fingerprint density at radius 2 is 2.13 bits per heavy atom. The van der Waals surface area contributed by atoms with E-state index in [9.17, 15) is 4.79 Å². The molecule has 9 saturated carbocycles. The van der Waals surface area contributed by atoms with Gasteiger partial charge in [-0.25, -0.2) is 0 Å². The van der Waals surface area contributed by atoms with Gasteiger partial charge in [-0.15, -0.1) is 0 Å². The maximum atomic E-state index is 13.0. The molecule has 1 heterocycles. The number of carbonyl (C=O) groups excluding carboxylic acids is 1. The molecular weight excluding hydrogens is 334 g/mol. The van der Waals surface area contributed by atoms with Crippen molar-refractivity contribution < 1.29 is 25.5 Å². The van der Waals surface area contributed by atoms with Gasteiger partial charge in [0.15, 0.2) is 0 Å². The summed E-state index contributed by atoms with van der Waals surface area (Å²) in [4.78, 5) is 13.0. The first-order valence-electron chi connectivity index (χ1n) is 9.36. The van der Waals surface area contributed by atoms with Crippen molar-refractivity contribution in [2.75, 3.05) is 0 Å². The monoisotopic (exact) mass is 354 g/mol. The van der Waals surface area contributed by atoms with Crippen LogP contribution in [0, 0.1) is 44.8 Å². The molecular formula is C19H20NOSiTi. The number of nitrogens with one attached hydrogen (secondary N) is 1. The van der Waals surface area contributed by atoms with Crippen LogP contribution in [0.15, 0.2) is 11.1 Å². The predicted octanol–water partition coefficient (Wildman–Crippen LogP) is 2.21. The molecule has 4 spiro atoms. The van der Waals surface area contributed by atoms with E-state index in [1.165, 1.54) is 25.3 Å². The van der Waals surface area contributed by atoms with Gasteiger partial charge in [-0.05, 0) is 0 Å². The first-order chi connectivity index (χ1) is 11.0. The summed E-state index contributed by atoms with van der Waals surface area (Å²) in [7, 11) is -0.370. The Balaban J connectivity index is 1.33. The molecule has 10 rings (SSSR count). The standard InChI is InChI=1S/C19H21NOSi.Ti/c1-8-5-22(6-9(8)2)11-10-3-15(14(20)21)7-16(11)12-18(15)13-17(18,4-10)19(12,13)16;/h5,10-13H,3-4,6-7H2,1-2H3,(H2,20,21);/q;+1/p-1. The molecule has 0 saturated heterocycles. The second-order valence-corrected chi connectivity index (χ2v) is 13.1. The second-order valence-electron chi connectivity index (χ2n) is 10.3. The van der Waals surface area contributed by atoms with Crippen LogP contribution in [0.25, 0.3) is 0 Å². The van der Waals surface area contributed by atoms with Crippen LogP contribution < -0.4 is 3.80 Å². The van der Waals surface area contributed by atoms with Crippen LogP contribution in [-0.2, 0) is 25.5 Å². The van der Waals surface area contributed by atoms with Gasteiger partial charge in [-0.1, -0.05) is 0 Å². The summed E-state index contributed by atoms with van der Waals surface area (Å²) < 4.78 is 3.10. The molecule has 9 atom stereocenters. The maximum absolute atomic E-state index is 13.0. The molecule has 0 aromatic rings. The number of hydrogen-bond donors (Lipinski definition) is 1. The molecule has 1 N–H and O–H groups in total. The average Bonchev–Trinajstić information content (AvgIpc) is 3.27. The fourth-order valence-corrected chi connectivity index (χ4v) is 15.9. The van der Waals surface area contributed by atoms with Crippen molar-refractivity contribution in [1.29, 1.82) is 0 Å². The van der Waals surface area contributed by atoms with Crippen LogP contribution in [0.5, 0.6) is 0 Å². The third-order valence-corrected chi connectivity index (χ3v) is 14.8. The van der Waals surface area contributed by atoms with Gasteiger partial charge in [0.25, 0.3) is 0 Å². The second kappa shape index (κ2) is 2.70. The summed E-state index contributed by atoms with van der Waals surface area (Å²) in [6, 6.07) is 1.42. The van der Waals surface area contributed by atoms with Crippen molar-refractivity contribution in [2.45, 2.75) is 44.7 Å². The molecule has 10 aliphatic rings. The van der Waals surface area contributed by atoms with Gasteiger partial charge in [-0.3, -0.25) is 0 Å². The molecule has 9 aliphatic carbocycles. The van der Waals surface area contributed by atoms with Gasteiger partial charge in [0.1, 0.15) is 0 Å². The Morgan fingerprint density at radius 1 is 1.30 bits per heavy atom. The zero-order valence-electron chi connectivity index (χ0n) is 13.6. The van der Waals surface area contributed by atoms with Gasteiger partial charge < -0.3 is 0 Å². The molecule has 115 valence electrons. The van der Waals surface area contributed by atoms with Crippen molar-refractivity contribution in [2.24, 2.45) is 44.8 Å². The van der Waals surface area contributed by atoms with Crippen LogP contribution in [0.3, 0.4) is 0 Å². The molecule has 23 heavy (non-hydrogen) atoms. The Kier molecular flexibility index (Phi) is 1.45. The molecule has 2 nitrogen and oxygen atoms in total. The Labute approximate surface area is 149 Å². The van der Waals surface area contributed by atoms with Gasteiger partial charge in [0.2, 0.25) is 0 Å². The first kappa shape index (κ1) is 12.4. The third kappa shape index (κ3) is 0.655. The minimum absolute atomic E-state index is 0.0923. The summed E-state index contributed by atoms with van der Waals surface area (Å²) in [5, 5.41) is 0. The van der Waals surface area contributed by atoms with Gasteiger partial charge in [0.05, 0.1) is 0 Å². The van der Waals surface area contributed by atoms with Crippen LogP contribution >= 0.6 is 0 Å². The molecule has 0 aromatic heterocycles. The number of hydrogen-bond acceptors (Lipinski definition) is 1. The SMILES string of the molecule is CC1=C(C)C[Si](C2C3CC4(C(=O)[NH][Ti])CC25C2C46C4C6(C3)C245)=C1. The van der Waals surface area contributed by atoms with E-state index in [1.807, 2.05) is 20.7 Å². The van der Waals surface area contributed by atoms with E-state index in [-0.39, 0.29) is 13.8 Å². The normalized spacial score (nSPS) is 71.6. The summed E-state index contributed by atoms with van der Waals surface area (Å²) >= 11 is 1.88. The van der Waals surface area contributed by atoms with E-state index in [4.69, 9.17) is 0 Å². The van der Waals surface area contributed by atoms with Gasteiger partial charge in [0, 0.05) is 0 Å². The molecule has 6 bridgehead atoms. The molecule has 4 heteroatoms. The average molecular weight is 354 g/mol. The quantitative estimate of drug-likeness (QED) is 0.757. The number of rotatable bonds is 2. The molecule has 9 unspecified atom stereocenters. The van der Waals surface area contributed by atoms with Crippen LogP contribution in [0.1, 0.15) is 33.1 Å². The van der Waals surface area contributed by atoms with E-state index in [0.29, 0.717) is 16.7 Å². The van der Waals surface area contributed by atoms with Crippen molar-refractivity contribution >= 4 is 20.0 Å². The number of carbonyl (C=O) groups is 1. The number of allylic oxidation sites excluding steroid dienone is 2. The Morgan fingerprint density at radius 3 is 2.83 bits per heavy atom. The molecule has 1 amide bonds. The zero-order chi connectivity index (χ0) is 15.4. The molecule has 0 aromatic carbocycles. The summed E-state index contributed by atoms with van der Waals surface area (Å²) in [5.74, 6) is 3.36. The van der Waals surface area contributed by atoms with Crippen molar-refractivity contribution in [3.63, 3.8) is 0 Å². The molecule has 9 fully saturated rings. The van der Waals surface area contributed by atoms with E-state index in [2.05, 4.69) is 23.3 Å². The minimum atomic E-state index is -0.370. The number of amides is 1. The van der Waals surface area contributed by atoms with Crippen LogP contribution in [0.4, 0.5) is 0 Å².